The van der Waals surface area contributed by atoms with Gasteiger partial charge in [-0.15, -0.1) is 22.9 Å². The lowest BCUT2D eigenvalue weighted by Gasteiger charge is -1.94. The van der Waals surface area contributed by atoms with Gasteiger partial charge < -0.3 is 5.73 Å². The molecule has 0 atom stereocenters. The van der Waals surface area contributed by atoms with E-state index in [0.29, 0.717) is 17.1 Å². The quantitative estimate of drug-likeness (QED) is 0.754. The standard InChI is InChI=1S/C10H7ClN2S/c11-4-8-10(13)9-6(5-12)2-1-3-7(9)14-8/h1-3H,4,13H2. The molecule has 0 fully saturated rings. The number of rotatable bonds is 1. The highest BCUT2D eigenvalue weighted by atomic mass is 35.5. The second-order valence-corrected chi connectivity index (χ2v) is 4.27. The zero-order chi connectivity index (χ0) is 10.1. The molecular weight excluding hydrogens is 216 g/mol. The van der Waals surface area contributed by atoms with Gasteiger partial charge in [-0.05, 0) is 12.1 Å². The van der Waals surface area contributed by atoms with Crippen molar-refractivity contribution in [2.45, 2.75) is 5.88 Å². The third-order valence-corrected chi connectivity index (χ3v) is 3.67. The second kappa shape index (κ2) is 3.49. The molecule has 0 aliphatic rings. The first-order valence-corrected chi connectivity index (χ1v) is 5.39. The Balaban J connectivity index is 2.87. The molecule has 2 nitrogen and oxygen atoms in total. The van der Waals surface area contributed by atoms with Gasteiger partial charge in [-0.2, -0.15) is 5.26 Å². The van der Waals surface area contributed by atoms with Gasteiger partial charge in [-0.1, -0.05) is 6.07 Å². The largest absolute Gasteiger partial charge is 0.397 e. The zero-order valence-corrected chi connectivity index (χ0v) is 8.82. The van der Waals surface area contributed by atoms with Crippen molar-refractivity contribution < 1.29 is 0 Å². The lowest BCUT2D eigenvalue weighted by atomic mass is 10.1. The Kier molecular flexibility index (Phi) is 2.32. The van der Waals surface area contributed by atoms with Crippen molar-refractivity contribution in [2.75, 3.05) is 5.73 Å². The molecule has 2 N–H and O–H groups in total. The van der Waals surface area contributed by atoms with Crippen LogP contribution in [-0.2, 0) is 5.88 Å². The van der Waals surface area contributed by atoms with Gasteiger partial charge >= 0.3 is 0 Å². The number of nitrogens with two attached hydrogens (primary N) is 1. The number of benzene rings is 1. The number of thiophene rings is 1. The molecule has 1 aromatic carbocycles. The van der Waals surface area contributed by atoms with Crippen LogP contribution in [0.4, 0.5) is 5.69 Å². The summed E-state index contributed by atoms with van der Waals surface area (Å²) in [4.78, 5) is 0.935. The molecule has 14 heavy (non-hydrogen) atoms. The van der Waals surface area contributed by atoms with E-state index in [4.69, 9.17) is 22.6 Å². The van der Waals surface area contributed by atoms with Crippen LogP contribution in [0.2, 0.25) is 0 Å². The Morgan fingerprint density at radius 1 is 1.50 bits per heavy atom. The van der Waals surface area contributed by atoms with Crippen molar-refractivity contribution in [3.63, 3.8) is 0 Å². The number of hydrogen-bond acceptors (Lipinski definition) is 3. The Bertz CT molecular complexity index is 525. The summed E-state index contributed by atoms with van der Waals surface area (Å²) in [6, 6.07) is 7.71. The van der Waals surface area contributed by atoms with Gasteiger partial charge in [0.1, 0.15) is 0 Å². The minimum absolute atomic E-state index is 0.399. The Morgan fingerprint density at radius 2 is 2.29 bits per heavy atom. The number of alkyl halides is 1. The third-order valence-electron chi connectivity index (χ3n) is 2.07. The van der Waals surface area contributed by atoms with Gasteiger partial charge in [-0.25, -0.2) is 0 Å². The summed E-state index contributed by atoms with van der Waals surface area (Å²) in [5.74, 6) is 0.399. The molecule has 0 unspecified atom stereocenters. The van der Waals surface area contributed by atoms with Gasteiger partial charge in [0.05, 0.1) is 23.2 Å². The highest BCUT2D eigenvalue weighted by Gasteiger charge is 2.11. The van der Waals surface area contributed by atoms with Crippen molar-refractivity contribution in [3.05, 3.63) is 28.6 Å². The number of nitriles is 1. The van der Waals surface area contributed by atoms with Crippen molar-refractivity contribution in [2.24, 2.45) is 0 Å². The minimum atomic E-state index is 0.399. The van der Waals surface area contributed by atoms with E-state index in [1.165, 1.54) is 0 Å². The first-order chi connectivity index (χ1) is 6.77. The van der Waals surface area contributed by atoms with Crippen LogP contribution < -0.4 is 5.73 Å². The highest BCUT2D eigenvalue weighted by molar-refractivity contribution is 7.20. The fourth-order valence-electron chi connectivity index (χ4n) is 1.41. The summed E-state index contributed by atoms with van der Waals surface area (Å²) in [7, 11) is 0. The molecule has 70 valence electrons. The molecule has 4 heteroatoms. The van der Waals surface area contributed by atoms with E-state index < -0.39 is 0 Å². The Morgan fingerprint density at radius 3 is 2.93 bits per heavy atom. The van der Waals surface area contributed by atoms with E-state index in [1.54, 1.807) is 17.4 Å². The van der Waals surface area contributed by atoms with E-state index in [2.05, 4.69) is 6.07 Å². The maximum absolute atomic E-state index is 8.91. The van der Waals surface area contributed by atoms with Gasteiger partial charge in [-0.3, -0.25) is 0 Å². The molecule has 2 rings (SSSR count). The monoisotopic (exact) mass is 222 g/mol. The topological polar surface area (TPSA) is 49.8 Å². The van der Waals surface area contributed by atoms with Crippen LogP contribution in [0.3, 0.4) is 0 Å². The maximum Gasteiger partial charge on any atom is 0.0999 e. The first kappa shape index (κ1) is 9.32. The van der Waals surface area contributed by atoms with Crippen molar-refractivity contribution in [1.82, 2.24) is 0 Å². The number of anilines is 1. The third kappa shape index (κ3) is 1.24. The number of halogens is 1. The van der Waals surface area contributed by atoms with Crippen LogP contribution in [0, 0.1) is 11.3 Å². The maximum atomic E-state index is 8.91. The average molecular weight is 223 g/mol. The highest BCUT2D eigenvalue weighted by Crippen LogP contribution is 2.36. The average Bonchev–Trinajstić information content (AvgIpc) is 2.55. The van der Waals surface area contributed by atoms with Crippen LogP contribution >= 0.6 is 22.9 Å². The second-order valence-electron chi connectivity index (χ2n) is 2.86. The number of nitrogen functional groups attached to an aromatic ring is 1. The summed E-state index contributed by atoms with van der Waals surface area (Å²) in [5, 5.41) is 9.75. The Labute approximate surface area is 90.5 Å². The number of fused-ring (bicyclic) bond motifs is 1. The van der Waals surface area contributed by atoms with Crippen molar-refractivity contribution in [3.8, 4) is 6.07 Å². The number of nitrogens with zero attached hydrogens (tertiary/aromatic N) is 1. The smallest absolute Gasteiger partial charge is 0.0999 e. The molecule has 0 bridgehead atoms. The van der Waals surface area contributed by atoms with E-state index in [1.807, 2.05) is 12.1 Å². The van der Waals surface area contributed by atoms with Gasteiger partial charge in [0.2, 0.25) is 0 Å². The van der Waals surface area contributed by atoms with E-state index in [9.17, 15) is 0 Å². The van der Waals surface area contributed by atoms with Gasteiger partial charge in [0.15, 0.2) is 0 Å². The van der Waals surface area contributed by atoms with E-state index >= 15 is 0 Å². The number of hydrogen-bond donors (Lipinski definition) is 1. The fraction of sp³-hybridized carbons (Fsp3) is 0.100. The van der Waals surface area contributed by atoms with Crippen LogP contribution in [0.1, 0.15) is 10.4 Å². The minimum Gasteiger partial charge on any atom is -0.397 e. The first-order valence-electron chi connectivity index (χ1n) is 4.04. The summed E-state index contributed by atoms with van der Waals surface area (Å²) in [6.07, 6.45) is 0. The van der Waals surface area contributed by atoms with Gasteiger partial charge in [0.25, 0.3) is 0 Å². The summed E-state index contributed by atoms with van der Waals surface area (Å²) in [5.41, 5.74) is 7.17. The van der Waals surface area contributed by atoms with Crippen LogP contribution in [-0.4, -0.2) is 0 Å². The van der Waals surface area contributed by atoms with Crippen LogP contribution in [0.25, 0.3) is 10.1 Å². The van der Waals surface area contributed by atoms with Crippen LogP contribution in [0.15, 0.2) is 18.2 Å². The molecule has 0 amide bonds. The molecule has 0 saturated carbocycles. The van der Waals surface area contributed by atoms with E-state index in [0.717, 1.165) is 15.0 Å². The summed E-state index contributed by atoms with van der Waals surface area (Å²) in [6.45, 7) is 0. The lowest BCUT2D eigenvalue weighted by molar-refractivity contribution is 1.50. The molecule has 0 aliphatic carbocycles. The lowest BCUT2D eigenvalue weighted by Crippen LogP contribution is -1.87. The normalized spacial score (nSPS) is 10.3. The predicted octanol–water partition coefficient (Wildman–Crippen LogP) is 3.09. The van der Waals surface area contributed by atoms with Gasteiger partial charge in [0, 0.05) is 15.0 Å². The fourth-order valence-corrected chi connectivity index (χ4v) is 2.72. The predicted molar refractivity (Wildman–Crippen MR) is 60.5 cm³/mol. The molecule has 1 aromatic heterocycles. The zero-order valence-electron chi connectivity index (χ0n) is 7.25. The molecule has 1 heterocycles. The van der Waals surface area contributed by atoms with Crippen LogP contribution in [0.5, 0.6) is 0 Å². The Hall–Kier alpha value is -1.24. The summed E-state index contributed by atoms with van der Waals surface area (Å²) < 4.78 is 1.03. The molecule has 0 saturated heterocycles. The molecule has 2 aromatic rings. The van der Waals surface area contributed by atoms with Crippen molar-refractivity contribution in [1.29, 1.82) is 5.26 Å². The molecule has 0 aliphatic heterocycles. The molecular formula is C10H7ClN2S. The molecule has 0 spiro atoms. The SMILES string of the molecule is N#Cc1cccc2sc(CCl)c(N)c12. The van der Waals surface area contributed by atoms with E-state index in [-0.39, 0.29) is 0 Å². The van der Waals surface area contributed by atoms with Crippen molar-refractivity contribution >= 4 is 38.7 Å². The molecule has 0 radical (unpaired) electrons. The summed E-state index contributed by atoms with van der Waals surface area (Å²) >= 11 is 7.29.